The van der Waals surface area contributed by atoms with Crippen LogP contribution in [0.25, 0.3) is 0 Å². The highest BCUT2D eigenvalue weighted by molar-refractivity contribution is 5.73. The van der Waals surface area contributed by atoms with Crippen LogP contribution in [0.2, 0.25) is 0 Å². The molecule has 0 fully saturated rings. The molecule has 1 aromatic rings. The van der Waals surface area contributed by atoms with E-state index in [-0.39, 0.29) is 5.92 Å². The number of hydrogen-bond acceptors (Lipinski definition) is 2. The van der Waals surface area contributed by atoms with Crippen LogP contribution in [0.1, 0.15) is 38.7 Å². The number of benzene rings is 1. The maximum atomic E-state index is 11.3. The Morgan fingerprint density at radius 3 is 2.56 bits per heavy atom. The van der Waals surface area contributed by atoms with Crippen molar-refractivity contribution in [1.82, 2.24) is 5.32 Å². The maximum Gasteiger partial charge on any atom is 0.320 e. The van der Waals surface area contributed by atoms with Gasteiger partial charge in [0.15, 0.2) is 0 Å². The van der Waals surface area contributed by atoms with Crippen LogP contribution in [0.4, 0.5) is 0 Å². The summed E-state index contributed by atoms with van der Waals surface area (Å²) in [5.74, 6) is -0.597. The first kappa shape index (κ1) is 14.7. The van der Waals surface area contributed by atoms with Crippen molar-refractivity contribution < 1.29 is 9.90 Å². The van der Waals surface area contributed by atoms with Crippen LogP contribution in [0.5, 0.6) is 0 Å². The minimum absolute atomic E-state index is 0.158. The average Bonchev–Trinajstić information content (AvgIpc) is 2.37. The average molecular weight is 249 g/mol. The van der Waals surface area contributed by atoms with Gasteiger partial charge in [-0.1, -0.05) is 57.0 Å². The number of carboxylic acids is 1. The molecule has 1 unspecified atom stereocenters. The summed E-state index contributed by atoms with van der Waals surface area (Å²) in [7, 11) is 0. The highest BCUT2D eigenvalue weighted by Gasteiger charge is 2.23. The summed E-state index contributed by atoms with van der Waals surface area (Å²) in [6.45, 7) is 4.74. The quantitative estimate of drug-likeness (QED) is 0.744. The summed E-state index contributed by atoms with van der Waals surface area (Å²) in [4.78, 5) is 11.3. The number of carboxylic acid groups (broad SMARTS) is 1. The van der Waals surface area contributed by atoms with Gasteiger partial charge >= 0.3 is 5.97 Å². The second-order valence-electron chi connectivity index (χ2n) is 4.80. The van der Waals surface area contributed by atoms with E-state index in [4.69, 9.17) is 0 Å². The van der Waals surface area contributed by atoms with Gasteiger partial charge < -0.3 is 10.4 Å². The fourth-order valence-electron chi connectivity index (χ4n) is 2.05. The van der Waals surface area contributed by atoms with E-state index >= 15 is 0 Å². The second-order valence-corrected chi connectivity index (χ2v) is 4.80. The Morgan fingerprint density at radius 2 is 2.00 bits per heavy atom. The molecule has 0 heterocycles. The van der Waals surface area contributed by atoms with Gasteiger partial charge in [-0.05, 0) is 17.9 Å². The fourth-order valence-corrected chi connectivity index (χ4v) is 2.05. The third kappa shape index (κ3) is 4.88. The lowest BCUT2D eigenvalue weighted by Gasteiger charge is -2.21. The molecule has 100 valence electrons. The third-order valence-electron chi connectivity index (χ3n) is 3.22. The number of unbranched alkanes of at least 4 members (excludes halogenated alkanes) is 1. The number of carbonyl (C=O) groups is 1. The zero-order valence-electron chi connectivity index (χ0n) is 11.2. The fraction of sp³-hybridized carbons (Fsp3) is 0.533. The van der Waals surface area contributed by atoms with Crippen LogP contribution in [0.15, 0.2) is 30.3 Å². The highest BCUT2D eigenvalue weighted by Crippen LogP contribution is 2.13. The molecule has 0 aromatic heterocycles. The Morgan fingerprint density at radius 1 is 1.33 bits per heavy atom. The lowest BCUT2D eigenvalue weighted by atomic mass is 9.95. The lowest BCUT2D eigenvalue weighted by Crippen LogP contribution is -2.41. The van der Waals surface area contributed by atoms with Crippen LogP contribution in [0, 0.1) is 5.92 Å². The molecule has 0 bridgehead atoms. The number of nitrogens with one attached hydrogen (secondary N) is 1. The molecule has 0 aliphatic carbocycles. The molecular formula is C15H23NO2. The van der Waals surface area contributed by atoms with Crippen molar-refractivity contribution in [3.8, 4) is 0 Å². The van der Waals surface area contributed by atoms with Gasteiger partial charge in [0.2, 0.25) is 0 Å². The summed E-state index contributed by atoms with van der Waals surface area (Å²) in [6, 6.07) is 9.44. The van der Waals surface area contributed by atoms with Gasteiger partial charge in [-0.15, -0.1) is 0 Å². The first-order valence-corrected chi connectivity index (χ1v) is 6.65. The zero-order valence-corrected chi connectivity index (χ0v) is 11.2. The van der Waals surface area contributed by atoms with E-state index in [9.17, 15) is 9.90 Å². The lowest BCUT2D eigenvalue weighted by molar-refractivity contribution is -0.141. The molecular weight excluding hydrogens is 226 g/mol. The maximum absolute atomic E-state index is 11.3. The van der Waals surface area contributed by atoms with Gasteiger partial charge in [-0.2, -0.15) is 0 Å². The van der Waals surface area contributed by atoms with Crippen molar-refractivity contribution in [2.75, 3.05) is 0 Å². The van der Waals surface area contributed by atoms with Crippen molar-refractivity contribution in [2.45, 2.75) is 45.7 Å². The normalized spacial score (nSPS) is 14.1. The monoisotopic (exact) mass is 249 g/mol. The molecule has 0 spiro atoms. The molecule has 0 saturated carbocycles. The molecule has 1 rings (SSSR count). The molecule has 0 aliphatic heterocycles. The van der Waals surface area contributed by atoms with Crippen LogP contribution in [-0.2, 0) is 11.3 Å². The summed E-state index contributed by atoms with van der Waals surface area (Å²) >= 11 is 0. The van der Waals surface area contributed by atoms with Gasteiger partial charge in [0.25, 0.3) is 0 Å². The van der Waals surface area contributed by atoms with E-state index in [1.165, 1.54) is 0 Å². The topological polar surface area (TPSA) is 49.3 Å². The minimum Gasteiger partial charge on any atom is -0.480 e. The zero-order chi connectivity index (χ0) is 13.4. The Hall–Kier alpha value is -1.35. The first-order valence-electron chi connectivity index (χ1n) is 6.65. The van der Waals surface area contributed by atoms with Crippen LogP contribution in [0.3, 0.4) is 0 Å². The molecule has 0 saturated heterocycles. The first-order chi connectivity index (χ1) is 8.65. The van der Waals surface area contributed by atoms with E-state index in [1.54, 1.807) is 0 Å². The van der Waals surface area contributed by atoms with Crippen LogP contribution < -0.4 is 5.32 Å². The van der Waals surface area contributed by atoms with Gasteiger partial charge in [0, 0.05) is 6.54 Å². The minimum atomic E-state index is -0.755. The second kappa shape index (κ2) is 7.88. The summed E-state index contributed by atoms with van der Waals surface area (Å²) in [5.41, 5.74) is 1.12. The van der Waals surface area contributed by atoms with Gasteiger partial charge in [0.05, 0.1) is 0 Å². The Balaban J connectivity index is 2.50. The SMILES string of the molecule is CCCC[C@H](C)C(NCc1ccccc1)C(=O)O. The van der Waals surface area contributed by atoms with E-state index in [2.05, 4.69) is 12.2 Å². The summed E-state index contributed by atoms with van der Waals surface area (Å²) in [6.07, 6.45) is 3.14. The predicted octanol–water partition coefficient (Wildman–Crippen LogP) is 3.06. The van der Waals surface area contributed by atoms with Crippen molar-refractivity contribution in [3.63, 3.8) is 0 Å². The number of aliphatic carboxylic acids is 1. The molecule has 2 atom stereocenters. The molecule has 1 aromatic carbocycles. The molecule has 18 heavy (non-hydrogen) atoms. The van der Waals surface area contributed by atoms with E-state index in [1.807, 2.05) is 37.3 Å². The molecule has 0 amide bonds. The van der Waals surface area contributed by atoms with Gasteiger partial charge in [-0.3, -0.25) is 4.79 Å². The van der Waals surface area contributed by atoms with Crippen LogP contribution in [-0.4, -0.2) is 17.1 Å². The Kier molecular flexibility index (Phi) is 6.44. The van der Waals surface area contributed by atoms with E-state index in [0.717, 1.165) is 24.8 Å². The van der Waals surface area contributed by atoms with Gasteiger partial charge in [0.1, 0.15) is 6.04 Å². The summed E-state index contributed by atoms with van der Waals surface area (Å²) < 4.78 is 0. The molecule has 0 radical (unpaired) electrons. The predicted molar refractivity (Wildman–Crippen MR) is 73.4 cm³/mol. The third-order valence-corrected chi connectivity index (χ3v) is 3.22. The Labute approximate surface area is 109 Å². The molecule has 3 heteroatoms. The largest absolute Gasteiger partial charge is 0.480 e. The van der Waals surface area contributed by atoms with Gasteiger partial charge in [-0.25, -0.2) is 0 Å². The molecule has 0 aliphatic rings. The summed E-state index contributed by atoms with van der Waals surface area (Å²) in [5, 5.41) is 12.4. The standard InChI is InChI=1S/C15H23NO2/c1-3-4-8-12(2)14(15(17)18)16-11-13-9-6-5-7-10-13/h5-7,9-10,12,14,16H,3-4,8,11H2,1-2H3,(H,17,18)/t12-,14?/m0/s1. The van der Waals surface area contributed by atoms with E-state index < -0.39 is 12.0 Å². The van der Waals surface area contributed by atoms with Crippen molar-refractivity contribution >= 4 is 5.97 Å². The van der Waals surface area contributed by atoms with Crippen molar-refractivity contribution in [3.05, 3.63) is 35.9 Å². The smallest absolute Gasteiger partial charge is 0.320 e. The number of rotatable bonds is 8. The number of hydrogen-bond donors (Lipinski definition) is 2. The van der Waals surface area contributed by atoms with Crippen molar-refractivity contribution in [1.29, 1.82) is 0 Å². The van der Waals surface area contributed by atoms with Crippen LogP contribution >= 0.6 is 0 Å². The highest BCUT2D eigenvalue weighted by atomic mass is 16.4. The van der Waals surface area contributed by atoms with Crippen molar-refractivity contribution in [2.24, 2.45) is 5.92 Å². The molecule has 2 N–H and O–H groups in total. The molecule has 3 nitrogen and oxygen atoms in total. The van der Waals surface area contributed by atoms with E-state index in [0.29, 0.717) is 6.54 Å². The Bertz CT molecular complexity index is 351.